The quantitative estimate of drug-likeness (QED) is 0.643. The Bertz CT molecular complexity index is 817. The number of aromatic nitrogens is 2. The van der Waals surface area contributed by atoms with Gasteiger partial charge in [0.2, 0.25) is 5.76 Å². The number of ether oxygens (including phenoxy) is 3. The molecule has 1 aromatic carbocycles. The monoisotopic (exact) mass is 326 g/mol. The molecule has 2 aromatic heterocycles. The molecule has 3 aromatic rings. The van der Waals surface area contributed by atoms with Gasteiger partial charge in [-0.2, -0.15) is 0 Å². The first-order valence-corrected chi connectivity index (χ1v) is 7.09. The fourth-order valence-corrected chi connectivity index (χ4v) is 1.89. The Morgan fingerprint density at radius 3 is 2.67 bits per heavy atom. The van der Waals surface area contributed by atoms with Crippen LogP contribution in [0.1, 0.15) is 16.3 Å². The van der Waals surface area contributed by atoms with Crippen LogP contribution < -0.4 is 9.47 Å². The van der Waals surface area contributed by atoms with Gasteiger partial charge in [-0.25, -0.2) is 14.8 Å². The molecule has 0 N–H and O–H groups in total. The molecule has 24 heavy (non-hydrogen) atoms. The highest BCUT2D eigenvalue weighted by Crippen LogP contribution is 2.23. The minimum atomic E-state index is -0.528. The largest absolute Gasteiger partial charge is 0.486 e. The summed E-state index contributed by atoms with van der Waals surface area (Å²) in [5, 5.41) is 0. The van der Waals surface area contributed by atoms with Crippen LogP contribution in [-0.2, 0) is 11.3 Å². The van der Waals surface area contributed by atoms with Crippen LogP contribution in [0.5, 0.6) is 17.5 Å². The van der Waals surface area contributed by atoms with E-state index in [0.29, 0.717) is 17.3 Å². The van der Waals surface area contributed by atoms with Crippen LogP contribution >= 0.6 is 0 Å². The Morgan fingerprint density at radius 2 is 1.88 bits per heavy atom. The van der Waals surface area contributed by atoms with E-state index in [2.05, 4.69) is 14.7 Å². The summed E-state index contributed by atoms with van der Waals surface area (Å²) in [6.45, 7) is 0.169. The van der Waals surface area contributed by atoms with Gasteiger partial charge in [-0.3, -0.25) is 0 Å². The van der Waals surface area contributed by atoms with E-state index in [1.165, 1.54) is 13.2 Å². The third-order valence-corrected chi connectivity index (χ3v) is 2.99. The third-order valence-electron chi connectivity index (χ3n) is 2.99. The number of benzene rings is 1. The van der Waals surface area contributed by atoms with Gasteiger partial charge in [0.25, 0.3) is 0 Å². The highest BCUT2D eigenvalue weighted by molar-refractivity contribution is 5.86. The minimum absolute atomic E-state index is 0.134. The lowest BCUT2D eigenvalue weighted by Gasteiger charge is -2.07. The van der Waals surface area contributed by atoms with E-state index in [1.807, 2.05) is 0 Å². The van der Waals surface area contributed by atoms with Crippen LogP contribution in [-0.4, -0.2) is 23.0 Å². The Morgan fingerprint density at radius 1 is 1.08 bits per heavy atom. The van der Waals surface area contributed by atoms with Crippen molar-refractivity contribution < 1.29 is 23.4 Å². The lowest BCUT2D eigenvalue weighted by molar-refractivity contribution is 0.0561. The summed E-state index contributed by atoms with van der Waals surface area (Å²) in [5.41, 5.74) is 0. The van der Waals surface area contributed by atoms with E-state index >= 15 is 0 Å². The summed E-state index contributed by atoms with van der Waals surface area (Å²) >= 11 is 0. The van der Waals surface area contributed by atoms with Crippen molar-refractivity contribution >= 4 is 5.97 Å². The number of furan rings is 1. The number of methoxy groups -OCH3 is 1. The van der Waals surface area contributed by atoms with Gasteiger partial charge in [0.05, 0.1) is 7.11 Å². The molecular weight excluding hydrogens is 312 g/mol. The van der Waals surface area contributed by atoms with E-state index in [0.717, 1.165) is 0 Å². The molecule has 0 atom stereocenters. The fraction of sp³-hybridized carbons (Fsp3) is 0.118. The minimum Gasteiger partial charge on any atom is -0.486 e. The van der Waals surface area contributed by atoms with Gasteiger partial charge in [0, 0.05) is 18.5 Å². The van der Waals surface area contributed by atoms with Crippen LogP contribution in [0.3, 0.4) is 0 Å². The first kappa shape index (κ1) is 15.5. The van der Waals surface area contributed by atoms with Gasteiger partial charge in [-0.15, -0.1) is 0 Å². The second kappa shape index (κ2) is 7.28. The Kier molecular flexibility index (Phi) is 4.71. The van der Waals surface area contributed by atoms with Gasteiger partial charge in [0.1, 0.15) is 23.9 Å². The van der Waals surface area contributed by atoms with E-state index in [-0.39, 0.29) is 18.4 Å². The molecule has 0 radical (unpaired) electrons. The van der Waals surface area contributed by atoms with Gasteiger partial charge in [-0.1, -0.05) is 6.07 Å². The predicted octanol–water partition coefficient (Wildman–Crippen LogP) is 3.23. The number of nitrogens with zero attached hydrogens (tertiary/aromatic N) is 2. The molecule has 2 heterocycles. The molecule has 0 amide bonds. The predicted molar refractivity (Wildman–Crippen MR) is 82.9 cm³/mol. The van der Waals surface area contributed by atoms with Crippen molar-refractivity contribution in [2.75, 3.05) is 7.11 Å². The zero-order chi connectivity index (χ0) is 16.8. The molecule has 0 aliphatic heterocycles. The van der Waals surface area contributed by atoms with Crippen LogP contribution in [0.4, 0.5) is 0 Å². The maximum Gasteiger partial charge on any atom is 0.373 e. The molecule has 0 aliphatic carbocycles. The molecule has 122 valence electrons. The zero-order valence-electron chi connectivity index (χ0n) is 12.8. The second-order valence-electron chi connectivity index (χ2n) is 4.65. The van der Waals surface area contributed by atoms with E-state index in [9.17, 15) is 4.79 Å². The molecule has 0 spiro atoms. The van der Waals surface area contributed by atoms with E-state index < -0.39 is 5.97 Å². The molecule has 0 saturated carbocycles. The molecule has 0 saturated heterocycles. The fourth-order valence-electron chi connectivity index (χ4n) is 1.89. The van der Waals surface area contributed by atoms with E-state index in [4.69, 9.17) is 13.9 Å². The molecule has 0 aliphatic rings. The van der Waals surface area contributed by atoms with Gasteiger partial charge in [0.15, 0.2) is 0 Å². The molecule has 7 nitrogen and oxygen atoms in total. The molecule has 0 fully saturated rings. The Hall–Kier alpha value is -3.35. The number of rotatable bonds is 6. The number of hydrogen-bond acceptors (Lipinski definition) is 7. The summed E-state index contributed by atoms with van der Waals surface area (Å²) in [6, 6.07) is 12.2. The smallest absolute Gasteiger partial charge is 0.373 e. The topological polar surface area (TPSA) is 83.7 Å². The van der Waals surface area contributed by atoms with Crippen molar-refractivity contribution in [2.24, 2.45) is 0 Å². The Balaban J connectivity index is 1.62. The van der Waals surface area contributed by atoms with Crippen LogP contribution in [0.2, 0.25) is 0 Å². The van der Waals surface area contributed by atoms with Crippen molar-refractivity contribution in [1.29, 1.82) is 0 Å². The molecule has 3 rings (SSSR count). The van der Waals surface area contributed by atoms with Crippen molar-refractivity contribution in [3.63, 3.8) is 0 Å². The highest BCUT2D eigenvalue weighted by Gasteiger charge is 2.11. The van der Waals surface area contributed by atoms with Crippen molar-refractivity contribution in [2.45, 2.75) is 6.61 Å². The summed E-state index contributed by atoms with van der Waals surface area (Å²) in [5.74, 6) is 1.25. The molecule has 0 bridgehead atoms. The maximum absolute atomic E-state index is 11.3. The average Bonchev–Trinajstić information content (AvgIpc) is 3.09. The maximum atomic E-state index is 11.3. The lowest BCUT2D eigenvalue weighted by Crippen LogP contribution is -1.99. The first-order chi connectivity index (χ1) is 11.7. The second-order valence-corrected chi connectivity index (χ2v) is 4.65. The Labute approximate surface area is 137 Å². The number of carbonyl (C=O) groups excluding carboxylic acids is 1. The van der Waals surface area contributed by atoms with Gasteiger partial charge >= 0.3 is 12.0 Å². The van der Waals surface area contributed by atoms with Crippen LogP contribution in [0.15, 0.2) is 59.3 Å². The molecule has 7 heteroatoms. The van der Waals surface area contributed by atoms with Crippen molar-refractivity contribution in [3.8, 4) is 17.5 Å². The lowest BCUT2D eigenvalue weighted by atomic mass is 10.3. The molecular formula is C17H14N2O5. The summed E-state index contributed by atoms with van der Waals surface area (Å²) in [7, 11) is 1.29. The van der Waals surface area contributed by atoms with Crippen molar-refractivity contribution in [1.82, 2.24) is 9.97 Å². The number of esters is 1. The summed E-state index contributed by atoms with van der Waals surface area (Å²) in [6.07, 6.45) is 3.19. The third kappa shape index (κ3) is 3.89. The zero-order valence-corrected chi connectivity index (χ0v) is 12.8. The number of carbonyl (C=O) groups is 1. The molecule has 0 unspecified atom stereocenters. The SMILES string of the molecule is COC(=O)c1ccc(COc2cccc(Oc3ncccn3)c2)o1. The average molecular weight is 326 g/mol. The normalized spacial score (nSPS) is 10.2. The summed E-state index contributed by atoms with van der Waals surface area (Å²) in [4.78, 5) is 19.3. The van der Waals surface area contributed by atoms with Gasteiger partial charge in [-0.05, 0) is 30.3 Å². The van der Waals surface area contributed by atoms with Crippen molar-refractivity contribution in [3.05, 3.63) is 66.4 Å². The number of hydrogen-bond donors (Lipinski definition) is 0. The highest BCUT2D eigenvalue weighted by atomic mass is 16.5. The standard InChI is InChI=1S/C17H14N2O5/c1-21-16(20)15-7-6-14(23-15)11-22-12-4-2-5-13(10-12)24-17-18-8-3-9-19-17/h2-10H,11H2,1H3. The summed E-state index contributed by atoms with van der Waals surface area (Å²) < 4.78 is 21.1. The van der Waals surface area contributed by atoms with Gasteiger partial charge < -0.3 is 18.6 Å². The van der Waals surface area contributed by atoms with E-state index in [1.54, 1.807) is 48.8 Å². The van der Waals surface area contributed by atoms with Crippen LogP contribution in [0.25, 0.3) is 0 Å². The van der Waals surface area contributed by atoms with Crippen LogP contribution in [0, 0.1) is 0 Å². The first-order valence-electron chi connectivity index (χ1n) is 7.09.